The van der Waals surface area contributed by atoms with Gasteiger partial charge in [-0.2, -0.15) is 0 Å². The summed E-state index contributed by atoms with van der Waals surface area (Å²) in [6.07, 6.45) is 2.70. The van der Waals surface area contributed by atoms with Crippen molar-refractivity contribution in [3.05, 3.63) is 18.2 Å². The van der Waals surface area contributed by atoms with Gasteiger partial charge < -0.3 is 26.5 Å². The molecule has 1 aromatic rings. The topological polar surface area (TPSA) is 153 Å². The number of aromatic nitrogens is 2. The molecule has 0 radical (unpaired) electrons. The highest BCUT2D eigenvalue weighted by molar-refractivity contribution is 5.94. The van der Waals surface area contributed by atoms with E-state index in [4.69, 9.17) is 16.6 Å². The van der Waals surface area contributed by atoms with E-state index < -0.39 is 23.8 Å². The van der Waals surface area contributed by atoms with Gasteiger partial charge in [-0.3, -0.25) is 9.59 Å². The number of nitrogens with two attached hydrogens (primary N) is 2. The molecule has 1 unspecified atom stereocenters. The fraction of sp³-hybridized carbons (Fsp3) is 0.455. The van der Waals surface area contributed by atoms with Crippen molar-refractivity contribution < 1.29 is 19.5 Å². The van der Waals surface area contributed by atoms with E-state index in [0.717, 1.165) is 0 Å². The zero-order valence-corrected chi connectivity index (χ0v) is 10.8. The first-order valence-electron chi connectivity index (χ1n) is 5.98. The van der Waals surface area contributed by atoms with Gasteiger partial charge in [0.05, 0.1) is 6.33 Å². The number of rotatable bonds is 8. The van der Waals surface area contributed by atoms with Crippen molar-refractivity contribution in [3.8, 4) is 0 Å². The molecule has 1 rings (SSSR count). The number of carboxylic acid groups (broad SMARTS) is 1. The number of primary amides is 1. The predicted molar refractivity (Wildman–Crippen MR) is 68.6 cm³/mol. The van der Waals surface area contributed by atoms with Gasteiger partial charge in [0.1, 0.15) is 11.7 Å². The van der Waals surface area contributed by atoms with Crippen molar-refractivity contribution >= 4 is 17.8 Å². The minimum absolute atomic E-state index is 0.0695. The third-order valence-corrected chi connectivity index (χ3v) is 2.54. The first-order chi connectivity index (χ1) is 9.43. The van der Waals surface area contributed by atoms with Gasteiger partial charge in [0, 0.05) is 25.7 Å². The van der Waals surface area contributed by atoms with Crippen molar-refractivity contribution in [3.63, 3.8) is 0 Å². The molecule has 110 valence electrons. The normalized spacial score (nSPS) is 11.8. The Hall–Kier alpha value is -2.42. The van der Waals surface area contributed by atoms with Gasteiger partial charge in [-0.1, -0.05) is 0 Å². The molecule has 0 aliphatic rings. The Morgan fingerprint density at radius 3 is 2.70 bits per heavy atom. The van der Waals surface area contributed by atoms with Gasteiger partial charge in [-0.05, 0) is 6.42 Å². The van der Waals surface area contributed by atoms with Crippen LogP contribution in [0.2, 0.25) is 0 Å². The molecular formula is C11H17N5O4. The van der Waals surface area contributed by atoms with Crippen LogP contribution in [0, 0.1) is 0 Å². The largest absolute Gasteiger partial charge is 0.480 e. The van der Waals surface area contributed by atoms with Crippen molar-refractivity contribution in [1.29, 1.82) is 0 Å². The zero-order chi connectivity index (χ0) is 15.1. The van der Waals surface area contributed by atoms with Crippen LogP contribution in [0.5, 0.6) is 0 Å². The maximum atomic E-state index is 11.8. The lowest BCUT2D eigenvalue weighted by Crippen LogP contribution is -2.41. The van der Waals surface area contributed by atoms with Crippen LogP contribution in [0.3, 0.4) is 0 Å². The molecule has 9 nitrogen and oxygen atoms in total. The summed E-state index contributed by atoms with van der Waals surface area (Å²) in [6, 6.07) is -1.19. The molecule has 0 spiro atoms. The zero-order valence-electron chi connectivity index (χ0n) is 10.8. The van der Waals surface area contributed by atoms with E-state index >= 15 is 0 Å². The second kappa shape index (κ2) is 7.24. The second-order valence-corrected chi connectivity index (χ2v) is 4.15. The van der Waals surface area contributed by atoms with Crippen LogP contribution in [-0.2, 0) is 16.1 Å². The number of nitrogens with one attached hydrogen (secondary N) is 1. The number of hydrogen-bond acceptors (Lipinski definition) is 5. The van der Waals surface area contributed by atoms with E-state index in [1.807, 2.05) is 0 Å². The summed E-state index contributed by atoms with van der Waals surface area (Å²) in [5.74, 6) is -2.49. The summed E-state index contributed by atoms with van der Waals surface area (Å²) < 4.78 is 1.62. The van der Waals surface area contributed by atoms with Gasteiger partial charge in [-0.15, -0.1) is 0 Å². The van der Waals surface area contributed by atoms with Crippen molar-refractivity contribution in [2.45, 2.75) is 25.4 Å². The Morgan fingerprint density at radius 2 is 2.15 bits per heavy atom. The fourth-order valence-corrected chi connectivity index (χ4v) is 1.52. The molecule has 2 amide bonds. The van der Waals surface area contributed by atoms with Crippen molar-refractivity contribution in [1.82, 2.24) is 14.9 Å². The Bertz CT molecular complexity index is 499. The third-order valence-electron chi connectivity index (χ3n) is 2.54. The number of carbonyl (C=O) groups excluding carboxylic acids is 2. The van der Waals surface area contributed by atoms with Crippen LogP contribution >= 0.6 is 0 Å². The monoisotopic (exact) mass is 283 g/mol. The number of amides is 2. The first kappa shape index (κ1) is 15.6. The van der Waals surface area contributed by atoms with Crippen LogP contribution in [0.25, 0.3) is 0 Å². The van der Waals surface area contributed by atoms with Crippen LogP contribution < -0.4 is 16.8 Å². The number of imidazole rings is 1. The molecule has 20 heavy (non-hydrogen) atoms. The number of carboxylic acids is 1. The molecule has 0 fully saturated rings. The van der Waals surface area contributed by atoms with Gasteiger partial charge in [0.15, 0.2) is 0 Å². The predicted octanol–water partition coefficient (Wildman–Crippen LogP) is -1.71. The van der Waals surface area contributed by atoms with Crippen LogP contribution in [0.1, 0.15) is 23.3 Å². The molecule has 0 aliphatic heterocycles. The van der Waals surface area contributed by atoms with Crippen molar-refractivity contribution in [2.24, 2.45) is 11.5 Å². The van der Waals surface area contributed by atoms with Gasteiger partial charge in [0.25, 0.3) is 5.91 Å². The maximum Gasteiger partial charge on any atom is 0.326 e. The highest BCUT2D eigenvalue weighted by atomic mass is 16.4. The number of aliphatic carboxylic acids is 1. The molecule has 0 saturated carbocycles. The van der Waals surface area contributed by atoms with E-state index in [0.29, 0.717) is 13.1 Å². The summed E-state index contributed by atoms with van der Waals surface area (Å²) in [4.78, 5) is 37.3. The van der Waals surface area contributed by atoms with E-state index in [2.05, 4.69) is 10.3 Å². The molecular weight excluding hydrogens is 266 g/mol. The minimum Gasteiger partial charge on any atom is -0.480 e. The lowest BCUT2D eigenvalue weighted by atomic mass is 10.1. The number of hydrogen-bond donors (Lipinski definition) is 4. The van der Waals surface area contributed by atoms with Gasteiger partial charge in [-0.25, -0.2) is 9.78 Å². The van der Waals surface area contributed by atoms with E-state index in [1.54, 1.807) is 4.57 Å². The third kappa shape index (κ3) is 4.69. The summed E-state index contributed by atoms with van der Waals surface area (Å²) >= 11 is 0. The standard InChI is InChI=1S/C11H17N5O4/c12-3-4-16-5-8(14-6-16)10(18)15-7(11(19)20)1-2-9(13)17/h5-7H,1-4,12H2,(H2,13,17)(H,15,18)(H,19,20). The van der Waals surface area contributed by atoms with E-state index in [-0.39, 0.29) is 18.5 Å². The van der Waals surface area contributed by atoms with E-state index in [1.165, 1.54) is 12.5 Å². The smallest absolute Gasteiger partial charge is 0.326 e. The van der Waals surface area contributed by atoms with Crippen molar-refractivity contribution in [2.75, 3.05) is 6.54 Å². The average molecular weight is 283 g/mol. The molecule has 0 aromatic carbocycles. The summed E-state index contributed by atoms with van der Waals surface area (Å²) in [6.45, 7) is 0.901. The average Bonchev–Trinajstić information content (AvgIpc) is 2.82. The molecule has 1 atom stereocenters. The highest BCUT2D eigenvalue weighted by Crippen LogP contribution is 2.01. The SMILES string of the molecule is NCCn1cnc(C(=O)NC(CCC(N)=O)C(=O)O)c1. The molecule has 6 N–H and O–H groups in total. The van der Waals surface area contributed by atoms with Gasteiger partial charge in [0.2, 0.25) is 5.91 Å². The number of nitrogens with zero attached hydrogens (tertiary/aromatic N) is 2. The fourth-order valence-electron chi connectivity index (χ4n) is 1.52. The summed E-state index contributed by atoms with van der Waals surface area (Å²) in [5.41, 5.74) is 10.4. The Labute approximate surface area is 114 Å². The molecule has 1 heterocycles. The van der Waals surface area contributed by atoms with Crippen LogP contribution in [0.15, 0.2) is 12.5 Å². The first-order valence-corrected chi connectivity index (χ1v) is 5.98. The molecule has 0 bridgehead atoms. The minimum atomic E-state index is -1.24. The molecule has 1 aromatic heterocycles. The molecule has 0 saturated heterocycles. The maximum absolute atomic E-state index is 11.8. The Kier molecular flexibility index (Phi) is 5.66. The molecule has 9 heteroatoms. The second-order valence-electron chi connectivity index (χ2n) is 4.15. The highest BCUT2D eigenvalue weighted by Gasteiger charge is 2.22. The quantitative estimate of drug-likeness (QED) is 0.445. The summed E-state index contributed by atoms with van der Waals surface area (Å²) in [7, 11) is 0. The Balaban J connectivity index is 2.64. The summed E-state index contributed by atoms with van der Waals surface area (Å²) in [5, 5.41) is 11.3. The molecule has 0 aliphatic carbocycles. The van der Waals surface area contributed by atoms with Gasteiger partial charge >= 0.3 is 5.97 Å². The Morgan fingerprint density at radius 1 is 1.45 bits per heavy atom. The lowest BCUT2D eigenvalue weighted by Gasteiger charge is -2.12. The van der Waals surface area contributed by atoms with Crippen LogP contribution in [0.4, 0.5) is 0 Å². The van der Waals surface area contributed by atoms with Crippen LogP contribution in [-0.4, -0.2) is 45.0 Å². The number of carbonyl (C=O) groups is 3. The lowest BCUT2D eigenvalue weighted by molar-refractivity contribution is -0.139. The van der Waals surface area contributed by atoms with E-state index in [9.17, 15) is 14.4 Å².